The number of fused-ring (bicyclic) bond motifs is 1. The van der Waals surface area contributed by atoms with E-state index in [0.29, 0.717) is 57.3 Å². The highest BCUT2D eigenvalue weighted by Gasteiger charge is 2.32. The quantitative estimate of drug-likeness (QED) is 0.149. The number of hydrogen-bond donors (Lipinski definition) is 1. The van der Waals surface area contributed by atoms with Crippen molar-refractivity contribution in [1.29, 1.82) is 0 Å². The van der Waals surface area contributed by atoms with Crippen molar-refractivity contribution in [3.8, 4) is 17.6 Å². The lowest BCUT2D eigenvalue weighted by Gasteiger charge is -2.27. The fraction of sp³-hybridized carbons (Fsp3) is 0.361. The lowest BCUT2D eigenvalue weighted by Crippen LogP contribution is -2.38. The van der Waals surface area contributed by atoms with Crippen molar-refractivity contribution >= 4 is 51.7 Å². The third-order valence-corrected chi connectivity index (χ3v) is 8.58. The molecule has 13 heteroatoms. The van der Waals surface area contributed by atoms with Crippen LogP contribution in [-0.2, 0) is 20.9 Å². The zero-order chi connectivity index (χ0) is 35.1. The van der Waals surface area contributed by atoms with Gasteiger partial charge in [0, 0.05) is 6.54 Å². The van der Waals surface area contributed by atoms with Crippen LogP contribution in [0.3, 0.4) is 0 Å². The summed E-state index contributed by atoms with van der Waals surface area (Å²) in [4.78, 5) is 50.0. The number of ether oxygens (including phenoxy) is 3. The van der Waals surface area contributed by atoms with E-state index in [1.54, 1.807) is 62.9 Å². The van der Waals surface area contributed by atoms with Crippen LogP contribution in [0.15, 0.2) is 54.9 Å². The minimum absolute atomic E-state index is 0.0880. The summed E-state index contributed by atoms with van der Waals surface area (Å²) in [5.41, 5.74) is 1.74. The van der Waals surface area contributed by atoms with Gasteiger partial charge < -0.3 is 24.4 Å². The van der Waals surface area contributed by atoms with Crippen molar-refractivity contribution in [2.45, 2.75) is 71.8 Å². The van der Waals surface area contributed by atoms with Gasteiger partial charge in [0.25, 0.3) is 0 Å². The van der Waals surface area contributed by atoms with E-state index in [9.17, 15) is 18.8 Å². The predicted molar refractivity (Wildman–Crippen MR) is 184 cm³/mol. The van der Waals surface area contributed by atoms with Crippen LogP contribution in [0.4, 0.5) is 25.5 Å². The summed E-state index contributed by atoms with van der Waals surface area (Å²) in [7, 11) is 0. The molecule has 49 heavy (non-hydrogen) atoms. The Bertz CT molecular complexity index is 1900. The Labute approximate surface area is 288 Å². The van der Waals surface area contributed by atoms with Gasteiger partial charge in [-0.2, -0.15) is 0 Å². The molecule has 0 bridgehead atoms. The average molecular weight is 688 g/mol. The van der Waals surface area contributed by atoms with Crippen LogP contribution in [0, 0.1) is 24.6 Å². The molecule has 0 radical (unpaired) electrons. The van der Waals surface area contributed by atoms with E-state index in [4.69, 9.17) is 14.2 Å². The number of anilines is 2. The molecule has 3 amide bonds. The molecule has 256 valence electrons. The summed E-state index contributed by atoms with van der Waals surface area (Å²) >= 11 is 1.32. The molecule has 1 fully saturated rings. The molecule has 11 nitrogen and oxygen atoms in total. The van der Waals surface area contributed by atoms with Crippen LogP contribution >= 0.6 is 11.3 Å². The third-order valence-electron chi connectivity index (χ3n) is 7.55. The molecule has 4 aromatic rings. The van der Waals surface area contributed by atoms with E-state index in [2.05, 4.69) is 27.1 Å². The first kappa shape index (κ1) is 35.1. The number of hydrogen-bond acceptors (Lipinski definition) is 9. The number of aryl methyl sites for hydroxylation is 1. The normalized spacial score (nSPS) is 15.7. The van der Waals surface area contributed by atoms with E-state index in [-0.39, 0.29) is 31.1 Å². The van der Waals surface area contributed by atoms with Crippen molar-refractivity contribution in [1.82, 2.24) is 20.2 Å². The highest BCUT2D eigenvalue weighted by atomic mass is 32.1. The molecule has 2 unspecified atom stereocenters. The number of alkyl carbamates (subject to hydrolysis) is 1. The zero-order valence-corrected chi connectivity index (χ0v) is 28.8. The number of thiophene rings is 1. The minimum atomic E-state index is -0.787. The van der Waals surface area contributed by atoms with Gasteiger partial charge in [-0.25, -0.2) is 28.8 Å². The van der Waals surface area contributed by atoms with Crippen LogP contribution in [0.25, 0.3) is 10.2 Å². The van der Waals surface area contributed by atoms with Gasteiger partial charge >= 0.3 is 12.2 Å². The molecule has 5 rings (SSSR count). The fourth-order valence-corrected chi connectivity index (χ4v) is 6.26. The molecule has 1 aliphatic rings. The Morgan fingerprint density at radius 3 is 2.69 bits per heavy atom. The van der Waals surface area contributed by atoms with Gasteiger partial charge in [0.15, 0.2) is 5.82 Å². The summed E-state index contributed by atoms with van der Waals surface area (Å²) in [5.74, 6) is 6.92. The second kappa shape index (κ2) is 15.3. The second-order valence-electron chi connectivity index (χ2n) is 12.4. The van der Waals surface area contributed by atoms with Crippen LogP contribution < -0.4 is 15.0 Å². The van der Waals surface area contributed by atoms with E-state index in [1.807, 2.05) is 13.0 Å². The van der Waals surface area contributed by atoms with Crippen molar-refractivity contribution in [2.75, 3.05) is 18.1 Å². The largest absolute Gasteiger partial charge is 0.489 e. The molecular weight excluding hydrogens is 649 g/mol. The van der Waals surface area contributed by atoms with Crippen molar-refractivity contribution < 1.29 is 33.0 Å². The number of carbonyl (C=O) groups is 3. The maximum absolute atomic E-state index is 13.8. The van der Waals surface area contributed by atoms with Crippen LogP contribution in [0.5, 0.6) is 5.75 Å². The van der Waals surface area contributed by atoms with Crippen molar-refractivity contribution in [3.05, 3.63) is 76.7 Å². The Balaban J connectivity index is 1.41. The Morgan fingerprint density at radius 1 is 1.16 bits per heavy atom. The van der Waals surface area contributed by atoms with E-state index in [1.165, 1.54) is 34.7 Å². The smallest absolute Gasteiger partial charge is 0.420 e. The number of nitrogens with zero attached hydrogens (tertiary/aromatic N) is 4. The highest BCUT2D eigenvalue weighted by Crippen LogP contribution is 2.37. The number of nitrogens with one attached hydrogen (secondary N) is 1. The summed E-state index contributed by atoms with van der Waals surface area (Å²) in [5, 5.41) is 2.58. The number of benzene rings is 2. The van der Waals surface area contributed by atoms with Crippen LogP contribution in [0.1, 0.15) is 56.5 Å². The van der Waals surface area contributed by atoms with Gasteiger partial charge in [-0.05, 0) is 95.0 Å². The first-order valence-electron chi connectivity index (χ1n) is 15.9. The van der Waals surface area contributed by atoms with Gasteiger partial charge in [0.05, 0.1) is 32.9 Å². The first-order chi connectivity index (χ1) is 23.5. The average Bonchev–Trinajstić information content (AvgIpc) is 3.65. The Kier molecular flexibility index (Phi) is 11.0. The maximum Gasteiger partial charge on any atom is 0.420 e. The molecule has 3 heterocycles. The topological polar surface area (TPSA) is 123 Å². The van der Waals surface area contributed by atoms with E-state index in [0.717, 1.165) is 12.0 Å². The number of likely N-dealkylation sites (tertiary alicyclic amines) is 1. The highest BCUT2D eigenvalue weighted by molar-refractivity contribution is 7.20. The molecule has 2 atom stereocenters. The fourth-order valence-electron chi connectivity index (χ4n) is 5.31. The standard InChI is InChI=1S/C36H38FN5O6S/c1-6-38-34(44)47-20-28-11-10-26(41(28)22-43)12-14-29-18-30-32(49-29)33(40-21-39-30)42(35(45)48-36(3,4)5)27-13-15-31(23(2)16-27)46-19-24-8-7-9-25(37)17-24/h7-9,13,15-18,21-22,26,28H,6,10-11,19-20H2,1-5H3,(H,38,44). The van der Waals surface area contributed by atoms with E-state index >= 15 is 0 Å². The van der Waals surface area contributed by atoms with Gasteiger partial charge in [-0.15, -0.1) is 11.3 Å². The van der Waals surface area contributed by atoms with Gasteiger partial charge in [-0.1, -0.05) is 24.0 Å². The SMILES string of the molecule is CCNC(=O)OCC1CCC(C#Cc2cc3ncnc(N(C(=O)OC(C)(C)C)c4ccc(OCc5cccc(F)c5)c(C)c4)c3s2)N1C=O. The Hall–Kier alpha value is -5.22. The summed E-state index contributed by atoms with van der Waals surface area (Å²) < 4.78 is 31.3. The van der Waals surface area contributed by atoms with Gasteiger partial charge in [0.1, 0.15) is 36.7 Å². The monoisotopic (exact) mass is 687 g/mol. The number of rotatable bonds is 9. The lowest BCUT2D eigenvalue weighted by atomic mass is 10.1. The molecule has 1 aliphatic heterocycles. The maximum atomic E-state index is 13.8. The first-order valence-corrected chi connectivity index (χ1v) is 16.7. The number of carbonyl (C=O) groups excluding carboxylic acids is 3. The third kappa shape index (κ3) is 8.83. The molecule has 0 saturated carbocycles. The lowest BCUT2D eigenvalue weighted by molar-refractivity contribution is -0.120. The molecule has 1 saturated heterocycles. The zero-order valence-electron chi connectivity index (χ0n) is 28.0. The van der Waals surface area contributed by atoms with Crippen molar-refractivity contribution in [3.63, 3.8) is 0 Å². The van der Waals surface area contributed by atoms with Gasteiger partial charge in [-0.3, -0.25) is 4.79 Å². The summed E-state index contributed by atoms with van der Waals surface area (Å²) in [6.07, 6.45) is 2.26. The van der Waals surface area contributed by atoms with E-state index < -0.39 is 17.8 Å². The molecule has 0 aliphatic carbocycles. The van der Waals surface area contributed by atoms with Crippen molar-refractivity contribution in [2.24, 2.45) is 0 Å². The molecular formula is C36H38FN5O6S. The molecule has 2 aromatic carbocycles. The minimum Gasteiger partial charge on any atom is -0.489 e. The predicted octanol–water partition coefficient (Wildman–Crippen LogP) is 6.88. The summed E-state index contributed by atoms with van der Waals surface area (Å²) in [6, 6.07) is 12.7. The van der Waals surface area contributed by atoms with Crippen LogP contribution in [-0.4, -0.2) is 64.3 Å². The number of amides is 3. The molecule has 0 spiro atoms. The summed E-state index contributed by atoms with van der Waals surface area (Å²) in [6.45, 7) is 9.72. The Morgan fingerprint density at radius 2 is 1.98 bits per heavy atom. The molecule has 2 aromatic heterocycles. The number of halogens is 1. The number of aromatic nitrogens is 2. The second-order valence-corrected chi connectivity index (χ2v) is 13.5. The van der Waals surface area contributed by atoms with Crippen LogP contribution in [0.2, 0.25) is 0 Å². The van der Waals surface area contributed by atoms with Gasteiger partial charge in [0.2, 0.25) is 6.41 Å². The molecule has 1 N–H and O–H groups in total.